The third-order valence-electron chi connectivity index (χ3n) is 4.30. The van der Waals surface area contributed by atoms with Crippen molar-refractivity contribution in [1.29, 1.82) is 0 Å². The van der Waals surface area contributed by atoms with Crippen molar-refractivity contribution in [3.05, 3.63) is 39.3 Å². The zero-order valence-corrected chi connectivity index (χ0v) is 15.6. The average Bonchev–Trinajstić information content (AvgIpc) is 3.18. The number of aromatic nitrogens is 1. The highest BCUT2D eigenvalue weighted by Gasteiger charge is 2.34. The van der Waals surface area contributed by atoms with Crippen LogP contribution in [0, 0.1) is 0 Å². The number of thiazole rings is 1. The highest BCUT2D eigenvalue weighted by molar-refractivity contribution is 7.13. The summed E-state index contributed by atoms with van der Waals surface area (Å²) in [6, 6.07) is 5.28. The molecule has 1 amide bonds. The zero-order valence-electron chi connectivity index (χ0n) is 13.3. The van der Waals surface area contributed by atoms with Crippen LogP contribution in [0.3, 0.4) is 0 Å². The van der Waals surface area contributed by atoms with E-state index in [1.54, 1.807) is 29.5 Å². The number of benzene rings is 1. The second-order valence-electron chi connectivity index (χ2n) is 6.26. The van der Waals surface area contributed by atoms with Crippen LogP contribution >= 0.6 is 34.5 Å². The number of carbonyl (C=O) groups is 1. The lowest BCUT2D eigenvalue weighted by Gasteiger charge is -2.28. The Balaban J connectivity index is 1.74. The van der Waals surface area contributed by atoms with Gasteiger partial charge in [-0.15, -0.1) is 11.3 Å². The van der Waals surface area contributed by atoms with Crippen molar-refractivity contribution in [3.8, 4) is 10.6 Å². The minimum atomic E-state index is -0.757. The Hall–Kier alpha value is -1.14. The van der Waals surface area contributed by atoms with Gasteiger partial charge in [-0.25, -0.2) is 4.98 Å². The first kappa shape index (κ1) is 17.7. The summed E-state index contributed by atoms with van der Waals surface area (Å²) in [5.74, 6) is -0.183. The van der Waals surface area contributed by atoms with E-state index in [2.05, 4.69) is 4.98 Å². The van der Waals surface area contributed by atoms with E-state index in [0.717, 1.165) is 31.2 Å². The molecule has 1 N–H and O–H groups in total. The first-order chi connectivity index (χ1) is 11.4. The molecule has 1 aromatic carbocycles. The summed E-state index contributed by atoms with van der Waals surface area (Å²) in [4.78, 5) is 18.5. The molecule has 0 aliphatic heterocycles. The molecule has 0 atom stereocenters. The highest BCUT2D eigenvalue weighted by Crippen LogP contribution is 2.32. The van der Waals surface area contributed by atoms with Crippen LogP contribution in [-0.2, 0) is 0 Å². The number of hydrogen-bond donors (Lipinski definition) is 1. The Bertz CT molecular complexity index is 757. The van der Waals surface area contributed by atoms with E-state index >= 15 is 0 Å². The van der Waals surface area contributed by atoms with Gasteiger partial charge in [0.2, 0.25) is 0 Å². The average molecular weight is 385 g/mol. The number of amides is 1. The Labute approximate surface area is 155 Å². The Morgan fingerprint density at radius 3 is 2.71 bits per heavy atom. The van der Waals surface area contributed by atoms with Gasteiger partial charge in [-0.3, -0.25) is 4.79 Å². The number of rotatable bonds is 4. The van der Waals surface area contributed by atoms with Crippen LogP contribution < -0.4 is 0 Å². The molecule has 1 heterocycles. The van der Waals surface area contributed by atoms with Crippen LogP contribution in [0.5, 0.6) is 0 Å². The molecule has 2 aromatic rings. The molecule has 0 bridgehead atoms. The Morgan fingerprint density at radius 1 is 1.33 bits per heavy atom. The first-order valence-corrected chi connectivity index (χ1v) is 9.40. The third kappa shape index (κ3) is 3.75. The standard InChI is InChI=1S/C17H18Cl2N2O2S/c1-21(10-17(23)6-2-3-7-17)16(22)14-9-24-15(20-14)11-4-5-12(18)13(19)8-11/h4-5,8-9,23H,2-3,6-7,10H2,1H3. The Kier molecular flexibility index (Phi) is 5.16. The molecule has 1 saturated carbocycles. The molecule has 24 heavy (non-hydrogen) atoms. The fourth-order valence-electron chi connectivity index (χ4n) is 3.03. The van der Waals surface area contributed by atoms with Gasteiger partial charge in [0.1, 0.15) is 10.7 Å². The van der Waals surface area contributed by atoms with Crippen LogP contribution in [0.2, 0.25) is 10.0 Å². The van der Waals surface area contributed by atoms with Crippen molar-refractivity contribution in [1.82, 2.24) is 9.88 Å². The van der Waals surface area contributed by atoms with E-state index in [4.69, 9.17) is 23.2 Å². The Morgan fingerprint density at radius 2 is 2.04 bits per heavy atom. The molecular weight excluding hydrogens is 367 g/mol. The topological polar surface area (TPSA) is 53.4 Å². The molecule has 0 radical (unpaired) electrons. The summed E-state index contributed by atoms with van der Waals surface area (Å²) < 4.78 is 0. The molecule has 1 aliphatic rings. The molecule has 3 rings (SSSR count). The van der Waals surface area contributed by atoms with Gasteiger partial charge in [0.15, 0.2) is 0 Å². The predicted octanol–water partition coefficient (Wildman–Crippen LogP) is 4.49. The van der Waals surface area contributed by atoms with Gasteiger partial charge >= 0.3 is 0 Å². The van der Waals surface area contributed by atoms with E-state index in [0.29, 0.717) is 27.3 Å². The fourth-order valence-corrected chi connectivity index (χ4v) is 4.12. The van der Waals surface area contributed by atoms with Crippen molar-refractivity contribution in [2.75, 3.05) is 13.6 Å². The lowest BCUT2D eigenvalue weighted by molar-refractivity contribution is 0.0155. The molecule has 0 saturated heterocycles. The second kappa shape index (κ2) is 7.00. The highest BCUT2D eigenvalue weighted by atomic mass is 35.5. The molecule has 1 fully saturated rings. The molecular formula is C17H18Cl2N2O2S. The van der Waals surface area contributed by atoms with E-state index in [-0.39, 0.29) is 5.91 Å². The molecule has 0 unspecified atom stereocenters. The maximum Gasteiger partial charge on any atom is 0.273 e. The van der Waals surface area contributed by atoms with E-state index in [1.807, 2.05) is 6.07 Å². The molecule has 4 nitrogen and oxygen atoms in total. The summed E-state index contributed by atoms with van der Waals surface area (Å²) in [5, 5.41) is 13.8. The van der Waals surface area contributed by atoms with Crippen molar-refractivity contribution >= 4 is 40.4 Å². The number of hydrogen-bond acceptors (Lipinski definition) is 4. The van der Waals surface area contributed by atoms with Gasteiger partial charge in [0.25, 0.3) is 5.91 Å². The van der Waals surface area contributed by atoms with E-state index in [1.165, 1.54) is 11.3 Å². The second-order valence-corrected chi connectivity index (χ2v) is 7.93. The minimum absolute atomic E-state index is 0.183. The van der Waals surface area contributed by atoms with E-state index in [9.17, 15) is 9.90 Å². The maximum atomic E-state index is 12.6. The summed E-state index contributed by atoms with van der Waals surface area (Å²) >= 11 is 13.3. The normalized spacial score (nSPS) is 16.3. The van der Waals surface area contributed by atoms with Gasteiger partial charge in [-0.1, -0.05) is 42.1 Å². The molecule has 0 spiro atoms. The van der Waals surface area contributed by atoms with Crippen molar-refractivity contribution in [2.45, 2.75) is 31.3 Å². The lowest BCUT2D eigenvalue weighted by atomic mass is 10.0. The third-order valence-corrected chi connectivity index (χ3v) is 5.93. The number of carbonyl (C=O) groups excluding carboxylic acids is 1. The first-order valence-electron chi connectivity index (χ1n) is 7.77. The van der Waals surface area contributed by atoms with Crippen LogP contribution in [-0.4, -0.2) is 40.1 Å². The molecule has 1 aromatic heterocycles. The van der Waals surface area contributed by atoms with Crippen LogP contribution in [0.4, 0.5) is 0 Å². The van der Waals surface area contributed by atoms with Crippen LogP contribution in [0.25, 0.3) is 10.6 Å². The van der Waals surface area contributed by atoms with Gasteiger partial charge in [0, 0.05) is 24.5 Å². The maximum absolute atomic E-state index is 12.6. The fraction of sp³-hybridized carbons (Fsp3) is 0.412. The van der Waals surface area contributed by atoms with Gasteiger partial charge in [-0.05, 0) is 25.0 Å². The number of nitrogens with zero attached hydrogens (tertiary/aromatic N) is 2. The van der Waals surface area contributed by atoms with E-state index < -0.39 is 5.60 Å². The van der Waals surface area contributed by atoms with Gasteiger partial charge in [-0.2, -0.15) is 0 Å². The van der Waals surface area contributed by atoms with Crippen LogP contribution in [0.15, 0.2) is 23.6 Å². The molecule has 128 valence electrons. The zero-order chi connectivity index (χ0) is 17.3. The number of aliphatic hydroxyl groups is 1. The lowest BCUT2D eigenvalue weighted by Crippen LogP contribution is -2.42. The summed E-state index contributed by atoms with van der Waals surface area (Å²) in [5.41, 5.74) is 0.447. The van der Waals surface area contributed by atoms with Gasteiger partial charge in [0.05, 0.1) is 15.6 Å². The summed E-state index contributed by atoms with van der Waals surface area (Å²) in [6.45, 7) is 0.339. The van der Waals surface area contributed by atoms with Crippen molar-refractivity contribution in [3.63, 3.8) is 0 Å². The molecule has 7 heteroatoms. The molecule has 1 aliphatic carbocycles. The van der Waals surface area contributed by atoms with Crippen LogP contribution in [0.1, 0.15) is 36.2 Å². The monoisotopic (exact) mass is 384 g/mol. The van der Waals surface area contributed by atoms with Gasteiger partial charge < -0.3 is 10.0 Å². The summed E-state index contributed by atoms with van der Waals surface area (Å²) in [7, 11) is 1.71. The quantitative estimate of drug-likeness (QED) is 0.844. The SMILES string of the molecule is CN(CC1(O)CCCC1)C(=O)c1csc(-c2ccc(Cl)c(Cl)c2)n1. The number of halogens is 2. The van der Waals surface area contributed by atoms with Crippen molar-refractivity contribution < 1.29 is 9.90 Å². The predicted molar refractivity (Wildman–Crippen MR) is 97.9 cm³/mol. The largest absolute Gasteiger partial charge is 0.388 e. The summed E-state index contributed by atoms with van der Waals surface area (Å²) in [6.07, 6.45) is 3.51. The minimum Gasteiger partial charge on any atom is -0.388 e. The number of likely N-dealkylation sites (N-methyl/N-ethyl adjacent to an activating group) is 1. The smallest absolute Gasteiger partial charge is 0.273 e. The van der Waals surface area contributed by atoms with Crippen molar-refractivity contribution in [2.24, 2.45) is 0 Å².